The van der Waals surface area contributed by atoms with Crippen LogP contribution in [-0.4, -0.2) is 60.0 Å². The molecule has 238 valence electrons. The number of nitrogens with two attached hydrogens (primary N) is 1. The van der Waals surface area contributed by atoms with Crippen molar-refractivity contribution in [1.82, 2.24) is 0 Å². The van der Waals surface area contributed by atoms with Gasteiger partial charge in [-0.15, -0.1) is 0 Å². The Kier molecular flexibility index (Phi) is 14.6. The van der Waals surface area contributed by atoms with Gasteiger partial charge < -0.3 is 39.3 Å². The van der Waals surface area contributed by atoms with E-state index in [0.29, 0.717) is 18.4 Å². The van der Waals surface area contributed by atoms with Crippen molar-refractivity contribution in [2.45, 2.75) is 118 Å². The van der Waals surface area contributed by atoms with Crippen LogP contribution < -0.4 is 15.2 Å². The molecule has 0 radical (unpaired) electrons. The normalized spacial score (nSPS) is 14.9. The molecule has 1 rings (SSSR count). The highest BCUT2D eigenvalue weighted by Gasteiger charge is 2.37. The van der Waals surface area contributed by atoms with Gasteiger partial charge >= 0.3 is 24.4 Å². The molecule has 12 heteroatoms. The number of hydrogen-bond donors (Lipinski definition) is 2. The highest BCUT2D eigenvalue weighted by molar-refractivity contribution is 5.79. The number of hydrogen-bond acceptors (Lipinski definition) is 11. The Balaban J connectivity index is 3.16. The van der Waals surface area contributed by atoms with Crippen molar-refractivity contribution in [1.29, 1.82) is 0 Å². The van der Waals surface area contributed by atoms with Crippen molar-refractivity contribution in [2.24, 2.45) is 11.1 Å². The summed E-state index contributed by atoms with van der Waals surface area (Å²) in [6, 6.07) is 4.15. The Morgan fingerprint density at radius 3 is 1.79 bits per heavy atom. The Labute approximate surface area is 248 Å². The smallest absolute Gasteiger partial charge is 0.480 e. The van der Waals surface area contributed by atoms with E-state index in [9.17, 15) is 24.3 Å². The van der Waals surface area contributed by atoms with Gasteiger partial charge in [0, 0.05) is 12.8 Å². The molecule has 0 heterocycles. The molecule has 3 unspecified atom stereocenters. The van der Waals surface area contributed by atoms with E-state index in [0.717, 1.165) is 12.8 Å². The number of aliphatic carboxylic acids is 1. The summed E-state index contributed by atoms with van der Waals surface area (Å²) in [4.78, 5) is 49.1. The second kappa shape index (κ2) is 16.8. The van der Waals surface area contributed by atoms with Crippen LogP contribution in [0.2, 0.25) is 0 Å². The molecule has 0 saturated heterocycles. The Hall–Kier alpha value is -3.54. The molecular formula is C30H47NO11. The first-order valence-corrected chi connectivity index (χ1v) is 14.2. The standard InChI is InChI=1S/C30H47NO11/c1-9-11-19(3)38-27(35)41-23-14-13-22(15-24(23)42-28(36)39-20(4)12-10-2)17-30(31,25(32)33)16-21(5)40-26(34)37-18-29(6,7)8/h13-15,19-21H,9-12,16-18,31H2,1-8H3,(H,32,33)/t19?,20?,21-,30?/m0/s1. The lowest BCUT2D eigenvalue weighted by molar-refractivity contribution is -0.144. The summed E-state index contributed by atoms with van der Waals surface area (Å²) in [5, 5.41) is 9.96. The summed E-state index contributed by atoms with van der Waals surface area (Å²) in [6.45, 7) is 14.6. The largest absolute Gasteiger partial charge is 0.514 e. The van der Waals surface area contributed by atoms with Crippen molar-refractivity contribution in [3.63, 3.8) is 0 Å². The molecule has 42 heavy (non-hydrogen) atoms. The van der Waals surface area contributed by atoms with E-state index in [1.165, 1.54) is 25.1 Å². The zero-order valence-corrected chi connectivity index (χ0v) is 26.0. The summed E-state index contributed by atoms with van der Waals surface area (Å²) in [5.74, 6) is -1.67. The van der Waals surface area contributed by atoms with Gasteiger partial charge in [0.2, 0.25) is 0 Å². The number of carboxylic acids is 1. The van der Waals surface area contributed by atoms with E-state index in [1.54, 1.807) is 13.8 Å². The van der Waals surface area contributed by atoms with Crippen molar-refractivity contribution in [3.8, 4) is 11.5 Å². The minimum atomic E-state index is -1.88. The van der Waals surface area contributed by atoms with Crippen molar-refractivity contribution >= 4 is 24.4 Å². The van der Waals surface area contributed by atoms with Gasteiger partial charge in [0.15, 0.2) is 11.5 Å². The maximum Gasteiger partial charge on any atom is 0.514 e. The van der Waals surface area contributed by atoms with Gasteiger partial charge in [0.05, 0.1) is 6.61 Å². The summed E-state index contributed by atoms with van der Waals surface area (Å²) in [6.07, 6.45) is -2.35. The van der Waals surface area contributed by atoms with Crippen LogP contribution >= 0.6 is 0 Å². The monoisotopic (exact) mass is 597 g/mol. The maximum atomic E-state index is 12.5. The van der Waals surface area contributed by atoms with Gasteiger partial charge in [-0.05, 0) is 56.7 Å². The Morgan fingerprint density at radius 1 is 0.810 bits per heavy atom. The fourth-order valence-corrected chi connectivity index (χ4v) is 3.94. The van der Waals surface area contributed by atoms with Gasteiger partial charge in [-0.3, -0.25) is 4.79 Å². The third-order valence-corrected chi connectivity index (χ3v) is 5.90. The number of carboxylic acid groups (broad SMARTS) is 1. The summed E-state index contributed by atoms with van der Waals surface area (Å²) < 4.78 is 31.4. The maximum absolute atomic E-state index is 12.5. The van der Waals surface area contributed by atoms with Gasteiger partial charge in [0.25, 0.3) is 0 Å². The van der Waals surface area contributed by atoms with Gasteiger partial charge in [-0.25, -0.2) is 14.4 Å². The van der Waals surface area contributed by atoms with E-state index in [-0.39, 0.29) is 36.4 Å². The molecule has 3 N–H and O–H groups in total. The quantitative estimate of drug-likeness (QED) is 0.130. The molecule has 0 aromatic heterocycles. The fourth-order valence-electron chi connectivity index (χ4n) is 3.94. The van der Waals surface area contributed by atoms with Crippen LogP contribution in [0.15, 0.2) is 18.2 Å². The average molecular weight is 598 g/mol. The van der Waals surface area contributed by atoms with Crippen LogP contribution in [0.5, 0.6) is 11.5 Å². The lowest BCUT2D eigenvalue weighted by Crippen LogP contribution is -2.52. The number of benzene rings is 1. The minimum Gasteiger partial charge on any atom is -0.480 e. The first-order chi connectivity index (χ1) is 19.5. The predicted octanol–water partition coefficient (Wildman–Crippen LogP) is 6.40. The topological polar surface area (TPSA) is 170 Å². The van der Waals surface area contributed by atoms with Crippen molar-refractivity contribution in [3.05, 3.63) is 23.8 Å². The summed E-state index contributed by atoms with van der Waals surface area (Å²) >= 11 is 0. The van der Waals surface area contributed by atoms with Gasteiger partial charge in [-0.1, -0.05) is 53.5 Å². The van der Waals surface area contributed by atoms with Crippen LogP contribution in [0.25, 0.3) is 0 Å². The Morgan fingerprint density at radius 2 is 1.31 bits per heavy atom. The second-order valence-electron chi connectivity index (χ2n) is 11.8. The molecule has 1 aromatic rings. The van der Waals surface area contributed by atoms with Crippen LogP contribution in [0, 0.1) is 5.41 Å². The number of carbonyl (C=O) groups is 4. The van der Waals surface area contributed by atoms with E-state index >= 15 is 0 Å². The van der Waals surface area contributed by atoms with Gasteiger partial charge in [0.1, 0.15) is 23.9 Å². The first-order valence-electron chi connectivity index (χ1n) is 14.2. The second-order valence-corrected chi connectivity index (χ2v) is 11.8. The lowest BCUT2D eigenvalue weighted by Gasteiger charge is -2.28. The molecule has 4 atom stereocenters. The van der Waals surface area contributed by atoms with Crippen molar-refractivity contribution in [2.75, 3.05) is 6.61 Å². The molecule has 0 fully saturated rings. The highest BCUT2D eigenvalue weighted by Crippen LogP contribution is 2.32. The van der Waals surface area contributed by atoms with Crippen LogP contribution in [0.4, 0.5) is 14.4 Å². The van der Waals surface area contributed by atoms with E-state index < -0.39 is 48.3 Å². The van der Waals surface area contributed by atoms with E-state index in [4.69, 9.17) is 34.2 Å². The van der Waals surface area contributed by atoms with Gasteiger partial charge in [-0.2, -0.15) is 0 Å². The van der Waals surface area contributed by atoms with E-state index in [2.05, 4.69) is 0 Å². The minimum absolute atomic E-state index is 0.118. The summed E-state index contributed by atoms with van der Waals surface area (Å²) in [7, 11) is 0. The molecule has 0 aliphatic heterocycles. The zero-order chi connectivity index (χ0) is 32.1. The number of rotatable bonds is 15. The molecule has 0 saturated carbocycles. The highest BCUT2D eigenvalue weighted by atomic mass is 16.8. The molecule has 0 spiro atoms. The molecule has 0 aliphatic carbocycles. The molecule has 1 aromatic carbocycles. The molecular weight excluding hydrogens is 550 g/mol. The third kappa shape index (κ3) is 13.9. The third-order valence-electron chi connectivity index (χ3n) is 5.90. The molecule has 12 nitrogen and oxygen atoms in total. The number of carbonyl (C=O) groups excluding carboxylic acids is 3. The Bertz CT molecular complexity index is 1050. The molecule has 0 bridgehead atoms. The zero-order valence-electron chi connectivity index (χ0n) is 26.0. The van der Waals surface area contributed by atoms with Crippen LogP contribution in [-0.2, 0) is 30.2 Å². The van der Waals surface area contributed by atoms with Crippen LogP contribution in [0.3, 0.4) is 0 Å². The predicted molar refractivity (Wildman–Crippen MR) is 154 cm³/mol. The fraction of sp³-hybridized carbons (Fsp3) is 0.667. The first kappa shape index (κ1) is 36.5. The molecule has 0 amide bonds. The van der Waals surface area contributed by atoms with Crippen LogP contribution in [0.1, 0.15) is 93.1 Å². The summed E-state index contributed by atoms with van der Waals surface area (Å²) in [5.41, 5.74) is 4.46. The van der Waals surface area contributed by atoms with Crippen molar-refractivity contribution < 1.29 is 52.7 Å². The SMILES string of the molecule is CCCC(C)OC(=O)Oc1ccc(CC(N)(C[C@H](C)OC(=O)OCC(C)(C)C)C(=O)O)cc1OC(=O)OC(C)CCC. The molecule has 0 aliphatic rings. The number of ether oxygens (including phenoxy) is 6. The lowest BCUT2D eigenvalue weighted by atomic mass is 9.86. The van der Waals surface area contributed by atoms with E-state index in [1.807, 2.05) is 34.6 Å². The average Bonchev–Trinajstić information content (AvgIpc) is 2.83.